The van der Waals surface area contributed by atoms with Gasteiger partial charge in [-0.3, -0.25) is 0 Å². The molecule has 1 unspecified atom stereocenters. The Morgan fingerprint density at radius 1 is 1.33 bits per heavy atom. The first-order valence-electron chi connectivity index (χ1n) is 5.74. The molecule has 1 aromatic rings. The first-order chi connectivity index (χ1) is 8.38. The lowest BCUT2D eigenvalue weighted by molar-refractivity contribution is -0.175. The van der Waals surface area contributed by atoms with Crippen molar-refractivity contribution in [1.82, 2.24) is 0 Å². The Balaban J connectivity index is 2.18. The fourth-order valence-corrected chi connectivity index (χ4v) is 2.79. The van der Waals surface area contributed by atoms with Crippen LogP contribution in [0.4, 0.5) is 24.5 Å². The highest BCUT2D eigenvalue weighted by atomic mass is 127. The lowest BCUT2D eigenvalue weighted by atomic mass is 9.97. The summed E-state index contributed by atoms with van der Waals surface area (Å²) in [6, 6.07) is 5.45. The van der Waals surface area contributed by atoms with Crippen LogP contribution < -0.4 is 10.6 Å². The Kier molecular flexibility index (Phi) is 3.93. The van der Waals surface area contributed by atoms with Gasteiger partial charge in [-0.05, 0) is 53.6 Å². The molecule has 2 nitrogen and oxygen atoms in total. The van der Waals surface area contributed by atoms with Gasteiger partial charge in [-0.15, -0.1) is 0 Å². The highest BCUT2D eigenvalue weighted by molar-refractivity contribution is 14.1. The topological polar surface area (TPSA) is 29.3 Å². The van der Waals surface area contributed by atoms with Crippen molar-refractivity contribution in [2.75, 3.05) is 23.7 Å². The van der Waals surface area contributed by atoms with Crippen molar-refractivity contribution >= 4 is 34.0 Å². The first-order valence-corrected chi connectivity index (χ1v) is 6.82. The van der Waals surface area contributed by atoms with Crippen molar-refractivity contribution in [1.29, 1.82) is 0 Å². The maximum atomic E-state index is 12.7. The molecule has 2 N–H and O–H groups in total. The van der Waals surface area contributed by atoms with Crippen LogP contribution in [0, 0.1) is 9.49 Å². The number of piperidine rings is 1. The van der Waals surface area contributed by atoms with E-state index in [1.54, 1.807) is 17.0 Å². The summed E-state index contributed by atoms with van der Waals surface area (Å²) in [5.74, 6) is -1.25. The third-order valence-corrected chi connectivity index (χ3v) is 3.89. The molecule has 0 spiro atoms. The predicted molar refractivity (Wildman–Crippen MR) is 74.6 cm³/mol. The summed E-state index contributed by atoms with van der Waals surface area (Å²) >= 11 is 2.13. The molecular formula is C12H14F3IN2. The van der Waals surface area contributed by atoms with Crippen LogP contribution >= 0.6 is 22.6 Å². The van der Waals surface area contributed by atoms with E-state index in [1.165, 1.54) is 0 Å². The maximum absolute atomic E-state index is 12.7. The van der Waals surface area contributed by atoms with Crippen molar-refractivity contribution in [3.8, 4) is 0 Å². The number of rotatable bonds is 1. The highest BCUT2D eigenvalue weighted by Crippen LogP contribution is 2.36. The van der Waals surface area contributed by atoms with Crippen molar-refractivity contribution in [3.63, 3.8) is 0 Å². The minimum Gasteiger partial charge on any atom is -0.397 e. The fourth-order valence-electron chi connectivity index (χ4n) is 2.28. The largest absolute Gasteiger partial charge is 0.397 e. The molecule has 0 saturated carbocycles. The lowest BCUT2D eigenvalue weighted by Gasteiger charge is -2.35. The number of alkyl halides is 3. The van der Waals surface area contributed by atoms with Gasteiger partial charge in [0.1, 0.15) is 0 Å². The Bertz CT molecular complexity index is 434. The van der Waals surface area contributed by atoms with Crippen LogP contribution in [-0.2, 0) is 0 Å². The summed E-state index contributed by atoms with van der Waals surface area (Å²) in [6.07, 6.45) is -3.35. The number of halogens is 4. The van der Waals surface area contributed by atoms with Crippen LogP contribution in [0.2, 0.25) is 0 Å². The Labute approximate surface area is 117 Å². The van der Waals surface area contributed by atoms with Gasteiger partial charge in [0.2, 0.25) is 0 Å². The first kappa shape index (κ1) is 13.8. The van der Waals surface area contributed by atoms with Crippen molar-refractivity contribution in [2.24, 2.45) is 5.92 Å². The van der Waals surface area contributed by atoms with E-state index in [0.29, 0.717) is 24.3 Å². The van der Waals surface area contributed by atoms with Gasteiger partial charge in [-0.1, -0.05) is 0 Å². The molecule has 1 fully saturated rings. The summed E-state index contributed by atoms with van der Waals surface area (Å²) in [4.78, 5) is 1.74. The van der Waals surface area contributed by atoms with Gasteiger partial charge in [0.05, 0.1) is 17.3 Å². The predicted octanol–water partition coefficient (Wildman–Crippen LogP) is 3.65. The van der Waals surface area contributed by atoms with E-state index in [2.05, 4.69) is 22.6 Å². The number of benzene rings is 1. The quantitative estimate of drug-likeness (QED) is 0.604. The lowest BCUT2D eigenvalue weighted by Crippen LogP contribution is -2.42. The number of hydrogen-bond acceptors (Lipinski definition) is 2. The molecule has 0 bridgehead atoms. The summed E-state index contributed by atoms with van der Waals surface area (Å²) in [5.41, 5.74) is 7.14. The molecule has 1 aliphatic rings. The van der Waals surface area contributed by atoms with Gasteiger partial charge >= 0.3 is 6.18 Å². The summed E-state index contributed by atoms with van der Waals surface area (Å²) in [7, 11) is 0. The second-order valence-corrected chi connectivity index (χ2v) is 5.78. The van der Waals surface area contributed by atoms with Gasteiger partial charge < -0.3 is 10.6 Å². The number of hydrogen-bond donors (Lipinski definition) is 1. The molecule has 6 heteroatoms. The van der Waals surface area contributed by atoms with Gasteiger partial charge in [0, 0.05) is 16.7 Å². The smallest absolute Gasteiger partial charge is 0.393 e. The molecule has 0 aromatic heterocycles. The van der Waals surface area contributed by atoms with Gasteiger partial charge in [0.25, 0.3) is 0 Å². The van der Waals surface area contributed by atoms with E-state index in [1.807, 2.05) is 6.07 Å². The second kappa shape index (κ2) is 5.14. The van der Waals surface area contributed by atoms with Crippen LogP contribution in [0.5, 0.6) is 0 Å². The molecule has 1 aromatic carbocycles. The number of nitrogen functional groups attached to an aromatic ring is 1. The minimum atomic E-state index is -4.11. The van der Waals surface area contributed by atoms with Gasteiger partial charge in [-0.25, -0.2) is 0 Å². The van der Waals surface area contributed by atoms with E-state index >= 15 is 0 Å². The zero-order valence-corrected chi connectivity index (χ0v) is 11.8. The van der Waals surface area contributed by atoms with Gasteiger partial charge in [-0.2, -0.15) is 13.2 Å². The molecule has 2 rings (SSSR count). The van der Waals surface area contributed by atoms with Crippen LogP contribution in [0.25, 0.3) is 0 Å². The van der Waals surface area contributed by atoms with Gasteiger partial charge in [0.15, 0.2) is 0 Å². The van der Waals surface area contributed by atoms with E-state index in [-0.39, 0.29) is 13.0 Å². The zero-order valence-electron chi connectivity index (χ0n) is 9.67. The fraction of sp³-hybridized carbons (Fsp3) is 0.500. The minimum absolute atomic E-state index is 0.00823. The third kappa shape index (κ3) is 3.02. The Morgan fingerprint density at radius 3 is 2.67 bits per heavy atom. The van der Waals surface area contributed by atoms with Crippen molar-refractivity contribution in [2.45, 2.75) is 19.0 Å². The number of nitrogens with two attached hydrogens (primary N) is 1. The van der Waals surface area contributed by atoms with Crippen LogP contribution in [0.1, 0.15) is 12.8 Å². The number of anilines is 2. The molecular weight excluding hydrogens is 356 g/mol. The summed E-state index contributed by atoms with van der Waals surface area (Å²) < 4.78 is 39.2. The molecule has 1 saturated heterocycles. The normalized spacial score (nSPS) is 21.1. The molecule has 0 aliphatic carbocycles. The van der Waals surface area contributed by atoms with Crippen molar-refractivity contribution in [3.05, 3.63) is 21.8 Å². The Hall–Kier alpha value is -0.660. The third-order valence-electron chi connectivity index (χ3n) is 3.21. The maximum Gasteiger partial charge on any atom is 0.393 e. The summed E-state index contributed by atoms with van der Waals surface area (Å²) in [5, 5.41) is 0. The molecule has 0 amide bonds. The molecule has 1 atom stereocenters. The molecule has 0 radical (unpaired) electrons. The number of nitrogens with zero attached hydrogens (tertiary/aromatic N) is 1. The average Bonchev–Trinajstić information content (AvgIpc) is 2.28. The van der Waals surface area contributed by atoms with E-state index in [9.17, 15) is 13.2 Å². The standard InChI is InChI=1S/C12H14F3IN2/c13-12(14,15)8-2-1-5-18(7-8)11-4-3-9(16)6-10(11)17/h3-4,6,8H,1-2,5,7,17H2. The zero-order chi connectivity index (χ0) is 13.3. The highest BCUT2D eigenvalue weighted by Gasteiger charge is 2.42. The monoisotopic (exact) mass is 370 g/mol. The van der Waals surface area contributed by atoms with E-state index in [4.69, 9.17) is 5.73 Å². The molecule has 18 heavy (non-hydrogen) atoms. The molecule has 1 aliphatic heterocycles. The molecule has 100 valence electrons. The molecule has 1 heterocycles. The van der Waals surface area contributed by atoms with E-state index in [0.717, 1.165) is 3.57 Å². The average molecular weight is 370 g/mol. The SMILES string of the molecule is Nc1cc(I)ccc1N1CCCC(C(F)(F)F)C1. The van der Waals surface area contributed by atoms with Crippen LogP contribution in [-0.4, -0.2) is 19.3 Å². The summed E-state index contributed by atoms with van der Waals surface area (Å²) in [6.45, 7) is 0.645. The van der Waals surface area contributed by atoms with E-state index < -0.39 is 12.1 Å². The Morgan fingerprint density at radius 2 is 2.06 bits per heavy atom. The van der Waals surface area contributed by atoms with Crippen LogP contribution in [0.15, 0.2) is 18.2 Å². The van der Waals surface area contributed by atoms with Crippen molar-refractivity contribution < 1.29 is 13.2 Å². The van der Waals surface area contributed by atoms with Crippen LogP contribution in [0.3, 0.4) is 0 Å². The second-order valence-electron chi connectivity index (χ2n) is 4.53.